The van der Waals surface area contributed by atoms with E-state index in [1.54, 1.807) is 0 Å². The molecule has 0 rings (SSSR count). The molecule has 0 saturated carbocycles. The van der Waals surface area contributed by atoms with Gasteiger partial charge in [0, 0.05) is 0 Å². The monoisotopic (exact) mass is 480 g/mol. The quantitative estimate of drug-likeness (QED) is 0.298. The Morgan fingerprint density at radius 2 is 1.10 bits per heavy atom. The highest BCUT2D eigenvalue weighted by molar-refractivity contribution is 14.3. The van der Waals surface area contributed by atoms with Gasteiger partial charge in [-0.15, -0.1) is 0 Å². The molecule has 0 fully saturated rings. The first kappa shape index (κ1) is 14.7. The SMILES string of the molecule is CCCCCC.IC(I)I. The van der Waals surface area contributed by atoms with Gasteiger partial charge in [0.1, 0.15) is -0.0619 Å². The molecule has 0 atom stereocenters. The van der Waals surface area contributed by atoms with Crippen LogP contribution in [0.25, 0.3) is 0 Å². The molecule has 0 spiro atoms. The van der Waals surface area contributed by atoms with E-state index in [1.165, 1.54) is 25.7 Å². The molecule has 0 aromatic rings. The van der Waals surface area contributed by atoms with Crippen LogP contribution in [0.5, 0.6) is 0 Å². The van der Waals surface area contributed by atoms with Gasteiger partial charge in [0.2, 0.25) is 0 Å². The topological polar surface area (TPSA) is 0 Å². The van der Waals surface area contributed by atoms with E-state index in [9.17, 15) is 0 Å². The van der Waals surface area contributed by atoms with Gasteiger partial charge < -0.3 is 0 Å². The molecule has 0 nitrogen and oxygen atoms in total. The van der Waals surface area contributed by atoms with Gasteiger partial charge in [0.05, 0.1) is 0 Å². The zero-order chi connectivity index (χ0) is 8.41. The average molecular weight is 480 g/mol. The Hall–Kier alpha value is 2.19. The molecule has 0 aromatic carbocycles. The summed E-state index contributed by atoms with van der Waals surface area (Å²) in [5, 5.41) is 0. The summed E-state index contributed by atoms with van der Waals surface area (Å²) in [5.74, 6) is 0. The van der Waals surface area contributed by atoms with Crippen LogP contribution in [0, 0.1) is 0 Å². The smallest absolute Gasteiger partial charge is 0.0654 e. The van der Waals surface area contributed by atoms with Gasteiger partial charge in [0.25, 0.3) is 0 Å². The second-order valence-corrected chi connectivity index (χ2v) is 12.8. The molecule has 0 aliphatic heterocycles. The molecule has 0 N–H and O–H groups in total. The van der Waals surface area contributed by atoms with Crippen LogP contribution in [0.1, 0.15) is 39.5 Å². The Balaban J connectivity index is 0. The van der Waals surface area contributed by atoms with E-state index in [-0.39, 0.29) is 0 Å². The number of halogens is 3. The fourth-order valence-corrected chi connectivity index (χ4v) is 0.500. The summed E-state index contributed by atoms with van der Waals surface area (Å²) in [7, 11) is 0. The van der Waals surface area contributed by atoms with E-state index < -0.39 is 0 Å². The van der Waals surface area contributed by atoms with E-state index in [0.717, 1.165) is -0.0619 Å². The van der Waals surface area contributed by atoms with Crippen LogP contribution in [0.4, 0.5) is 0 Å². The highest BCUT2D eigenvalue weighted by atomic mass is 127. The fourth-order valence-electron chi connectivity index (χ4n) is 0.500. The van der Waals surface area contributed by atoms with Crippen LogP contribution >= 0.6 is 67.8 Å². The van der Waals surface area contributed by atoms with Crippen LogP contribution in [0.15, 0.2) is 0 Å². The average Bonchev–Trinajstić information content (AvgIpc) is 1.82. The van der Waals surface area contributed by atoms with Gasteiger partial charge in [-0.05, 0) is 0 Å². The molecule has 0 unspecified atom stereocenters. The minimum absolute atomic E-state index is 0.743. The molecule has 0 aliphatic carbocycles. The molecular formula is C7H15I3. The summed E-state index contributed by atoms with van der Waals surface area (Å²) in [4.78, 5) is 0. The summed E-state index contributed by atoms with van der Waals surface area (Å²) < 4.78 is 0.743. The highest BCUT2D eigenvalue weighted by Gasteiger charge is 1.76. The van der Waals surface area contributed by atoms with Gasteiger partial charge in [-0.2, -0.15) is 0 Å². The number of rotatable bonds is 3. The predicted molar refractivity (Wildman–Crippen MR) is 75.7 cm³/mol. The van der Waals surface area contributed by atoms with Crippen molar-refractivity contribution in [3.05, 3.63) is 0 Å². The lowest BCUT2D eigenvalue weighted by atomic mass is 10.2. The van der Waals surface area contributed by atoms with Crippen molar-refractivity contribution in [2.24, 2.45) is 0 Å². The van der Waals surface area contributed by atoms with Crippen molar-refractivity contribution in [3.63, 3.8) is 0 Å². The standard InChI is InChI=1S/C6H14.CHI3/c1-3-5-6-4-2;2-1(3)4/h3-6H2,1-2H3;1H. The number of hydrogen-bond donors (Lipinski definition) is 0. The molecule has 0 radical (unpaired) electrons. The third-order valence-corrected chi connectivity index (χ3v) is 0.957. The van der Waals surface area contributed by atoms with Crippen LogP contribution in [0.2, 0.25) is 0 Å². The lowest BCUT2D eigenvalue weighted by Crippen LogP contribution is -1.66. The van der Waals surface area contributed by atoms with Crippen molar-refractivity contribution in [1.82, 2.24) is 0 Å². The maximum absolute atomic E-state index is 2.32. The van der Waals surface area contributed by atoms with Crippen LogP contribution < -0.4 is 0 Å². The zero-order valence-corrected chi connectivity index (χ0v) is 13.0. The summed E-state index contributed by atoms with van der Waals surface area (Å²) in [5.41, 5.74) is 0. The Bertz CT molecular complexity index is 39.4. The Morgan fingerprint density at radius 1 is 0.900 bits per heavy atom. The van der Waals surface area contributed by atoms with E-state index in [1.807, 2.05) is 0 Å². The normalized spacial score (nSPS) is 9.00. The number of alkyl halides is 3. The van der Waals surface area contributed by atoms with E-state index in [0.29, 0.717) is 0 Å². The summed E-state index contributed by atoms with van der Waals surface area (Å²) in [6.07, 6.45) is 5.54. The predicted octanol–water partition coefficient (Wildman–Crippen LogP) is 5.16. The molecular weight excluding hydrogens is 465 g/mol. The fraction of sp³-hybridized carbons (Fsp3) is 1.00. The maximum atomic E-state index is 2.32. The first-order valence-electron chi connectivity index (χ1n) is 3.57. The molecule has 0 heterocycles. The van der Waals surface area contributed by atoms with Gasteiger partial charge >= 0.3 is 0 Å². The second-order valence-electron chi connectivity index (χ2n) is 1.95. The third-order valence-electron chi connectivity index (χ3n) is 0.957. The van der Waals surface area contributed by atoms with Gasteiger partial charge in [0.15, 0.2) is 0 Å². The van der Waals surface area contributed by atoms with Crippen molar-refractivity contribution in [3.8, 4) is 0 Å². The second kappa shape index (κ2) is 13.8. The van der Waals surface area contributed by atoms with Crippen LogP contribution in [-0.4, -0.2) is -0.0619 Å². The van der Waals surface area contributed by atoms with Gasteiger partial charge in [-0.3, -0.25) is 0 Å². The lowest BCUT2D eigenvalue weighted by molar-refractivity contribution is 0.702. The van der Waals surface area contributed by atoms with Crippen molar-refractivity contribution < 1.29 is 0 Å². The molecule has 0 bridgehead atoms. The minimum atomic E-state index is 0.743. The van der Waals surface area contributed by atoms with E-state index in [2.05, 4.69) is 81.6 Å². The Morgan fingerprint density at radius 3 is 1.20 bits per heavy atom. The third kappa shape index (κ3) is 31.9. The first-order chi connectivity index (χ1) is 4.65. The van der Waals surface area contributed by atoms with E-state index in [4.69, 9.17) is 0 Å². The molecule has 0 saturated heterocycles. The lowest BCUT2D eigenvalue weighted by Gasteiger charge is -1.86. The van der Waals surface area contributed by atoms with E-state index >= 15 is 0 Å². The molecule has 3 heteroatoms. The summed E-state index contributed by atoms with van der Waals surface area (Å²) in [6, 6.07) is 0. The Kier molecular flexibility index (Phi) is 20.2. The Labute approximate surface area is 106 Å². The first-order valence-corrected chi connectivity index (χ1v) is 7.31. The maximum Gasteiger partial charge on any atom is 0.114 e. The molecule has 0 amide bonds. The molecule has 10 heavy (non-hydrogen) atoms. The zero-order valence-electron chi connectivity index (χ0n) is 6.54. The van der Waals surface area contributed by atoms with Crippen LogP contribution in [-0.2, 0) is 0 Å². The van der Waals surface area contributed by atoms with Crippen molar-refractivity contribution in [2.75, 3.05) is 0 Å². The molecule has 0 aromatic heterocycles. The minimum Gasteiger partial charge on any atom is -0.0654 e. The van der Waals surface area contributed by atoms with Crippen LogP contribution in [0.3, 0.4) is 0 Å². The number of hydrogen-bond acceptors (Lipinski definition) is 0. The van der Waals surface area contributed by atoms with Gasteiger partial charge in [-0.1, -0.05) is 107 Å². The molecule has 0 aliphatic rings. The summed E-state index contributed by atoms with van der Waals surface area (Å²) >= 11 is 6.95. The highest BCUT2D eigenvalue weighted by Crippen LogP contribution is 2.16. The molecule has 64 valence electrons. The van der Waals surface area contributed by atoms with Gasteiger partial charge in [-0.25, -0.2) is 0 Å². The largest absolute Gasteiger partial charge is 0.114 e. The van der Waals surface area contributed by atoms with Crippen molar-refractivity contribution >= 4 is 67.8 Å². The summed E-state index contributed by atoms with van der Waals surface area (Å²) in [6.45, 7) is 4.46. The number of unbranched alkanes of at least 4 members (excludes halogenated alkanes) is 3. The van der Waals surface area contributed by atoms with Crippen molar-refractivity contribution in [1.29, 1.82) is 0 Å². The van der Waals surface area contributed by atoms with Crippen molar-refractivity contribution in [2.45, 2.75) is 39.5 Å².